The van der Waals surface area contributed by atoms with Gasteiger partial charge in [0, 0.05) is 0 Å². The molecule has 29 heavy (non-hydrogen) atoms. The van der Waals surface area contributed by atoms with Crippen LogP contribution in [-0.4, -0.2) is 34.8 Å². The topological polar surface area (TPSA) is 78.5 Å². The minimum Gasteiger partial charge on any atom is -0.348 e. The summed E-state index contributed by atoms with van der Waals surface area (Å²) in [7, 11) is 0. The van der Waals surface area contributed by atoms with Crippen LogP contribution in [-0.2, 0) is 9.59 Å². The van der Waals surface area contributed by atoms with Gasteiger partial charge in [-0.3, -0.25) is 14.5 Å². The summed E-state index contributed by atoms with van der Waals surface area (Å²) in [5.74, 6) is -0.696. The quantitative estimate of drug-likeness (QED) is 0.705. The first-order valence-corrected chi connectivity index (χ1v) is 9.99. The molecule has 1 heterocycles. The summed E-state index contributed by atoms with van der Waals surface area (Å²) in [6.45, 7) is 5.31. The Morgan fingerprint density at radius 2 is 1.59 bits per heavy atom. The summed E-state index contributed by atoms with van der Waals surface area (Å²) in [5.41, 5.74) is 2.29. The first kappa shape index (κ1) is 20.6. The lowest BCUT2D eigenvalue weighted by molar-refractivity contribution is -0.135. The molecule has 2 aromatic rings. The number of nitrogens with zero attached hydrogens (tertiary/aromatic N) is 1. The van der Waals surface area contributed by atoms with Gasteiger partial charge < -0.3 is 10.6 Å². The number of amides is 4. The van der Waals surface area contributed by atoms with Crippen molar-refractivity contribution >= 4 is 17.8 Å². The fourth-order valence-electron chi connectivity index (χ4n) is 3.66. The fraction of sp³-hybridized carbons (Fsp3) is 0.348. The molecule has 0 radical (unpaired) electrons. The minimum atomic E-state index is -0.893. The zero-order chi connectivity index (χ0) is 21.0. The maximum absolute atomic E-state index is 12.6. The van der Waals surface area contributed by atoms with Crippen molar-refractivity contribution in [3.8, 4) is 11.1 Å². The zero-order valence-corrected chi connectivity index (χ0v) is 17.1. The molecule has 3 rings (SSSR count). The minimum absolute atomic E-state index is 0.241. The van der Waals surface area contributed by atoms with Gasteiger partial charge in [0.15, 0.2) is 0 Å². The van der Waals surface area contributed by atoms with Crippen LogP contribution in [0.5, 0.6) is 0 Å². The number of nitrogens with one attached hydrogen (secondary N) is 2. The Morgan fingerprint density at radius 1 is 1.00 bits per heavy atom. The Labute approximate surface area is 171 Å². The van der Waals surface area contributed by atoms with E-state index in [0.717, 1.165) is 21.6 Å². The van der Waals surface area contributed by atoms with Crippen LogP contribution in [0.15, 0.2) is 54.6 Å². The highest BCUT2D eigenvalue weighted by atomic mass is 16.2. The van der Waals surface area contributed by atoms with E-state index in [0.29, 0.717) is 12.8 Å². The predicted octanol–water partition coefficient (Wildman–Crippen LogP) is 3.64. The number of imide groups is 1. The highest BCUT2D eigenvalue weighted by Gasteiger charge is 2.49. The Kier molecular flexibility index (Phi) is 6.01. The average Bonchev–Trinajstić information content (AvgIpc) is 2.99. The summed E-state index contributed by atoms with van der Waals surface area (Å²) < 4.78 is 0. The highest BCUT2D eigenvalue weighted by molar-refractivity contribution is 6.09. The molecular weight excluding hydrogens is 366 g/mol. The third kappa shape index (κ3) is 4.16. The number of benzene rings is 2. The van der Waals surface area contributed by atoms with Crippen LogP contribution in [0, 0.1) is 0 Å². The lowest BCUT2D eigenvalue weighted by Gasteiger charge is -2.23. The Bertz CT molecular complexity index is 889. The maximum atomic E-state index is 12.6. The molecule has 0 aliphatic carbocycles. The second-order valence-electron chi connectivity index (χ2n) is 7.39. The highest BCUT2D eigenvalue weighted by Crippen LogP contribution is 2.25. The van der Waals surface area contributed by atoms with Gasteiger partial charge in [0.1, 0.15) is 12.1 Å². The van der Waals surface area contributed by atoms with Crippen molar-refractivity contribution in [2.45, 2.75) is 45.2 Å². The maximum Gasteiger partial charge on any atom is 0.325 e. The predicted molar refractivity (Wildman–Crippen MR) is 112 cm³/mol. The van der Waals surface area contributed by atoms with Gasteiger partial charge in [0.05, 0.1) is 6.04 Å². The van der Waals surface area contributed by atoms with Crippen molar-refractivity contribution in [3.63, 3.8) is 0 Å². The van der Waals surface area contributed by atoms with Crippen LogP contribution in [0.3, 0.4) is 0 Å². The van der Waals surface area contributed by atoms with Gasteiger partial charge >= 0.3 is 6.03 Å². The number of urea groups is 1. The molecule has 1 saturated heterocycles. The molecule has 6 heteroatoms. The summed E-state index contributed by atoms with van der Waals surface area (Å²) >= 11 is 0. The van der Waals surface area contributed by atoms with Gasteiger partial charge in [-0.1, -0.05) is 68.4 Å². The second kappa shape index (κ2) is 8.47. The number of carbonyl (C=O) groups excluding carboxylic acids is 3. The lowest BCUT2D eigenvalue weighted by Crippen LogP contribution is -2.46. The first-order chi connectivity index (χ1) is 13.9. The number of rotatable bonds is 7. The Morgan fingerprint density at radius 3 is 2.14 bits per heavy atom. The fourth-order valence-corrected chi connectivity index (χ4v) is 3.66. The van der Waals surface area contributed by atoms with Crippen molar-refractivity contribution in [3.05, 3.63) is 60.2 Å². The molecule has 0 unspecified atom stereocenters. The van der Waals surface area contributed by atoms with E-state index >= 15 is 0 Å². The van der Waals surface area contributed by atoms with Crippen LogP contribution in [0.4, 0.5) is 4.79 Å². The zero-order valence-electron chi connectivity index (χ0n) is 17.1. The van der Waals surface area contributed by atoms with Crippen LogP contribution < -0.4 is 10.6 Å². The molecule has 0 spiro atoms. The Balaban J connectivity index is 1.62. The molecule has 152 valence electrons. The van der Waals surface area contributed by atoms with Crippen LogP contribution in [0.2, 0.25) is 0 Å². The van der Waals surface area contributed by atoms with E-state index in [2.05, 4.69) is 10.6 Å². The first-order valence-electron chi connectivity index (χ1n) is 9.99. The van der Waals surface area contributed by atoms with Gasteiger partial charge in [0.25, 0.3) is 5.91 Å². The summed E-state index contributed by atoms with van der Waals surface area (Å²) in [5, 5.41) is 5.61. The molecule has 0 saturated carbocycles. The molecule has 0 aromatic heterocycles. The monoisotopic (exact) mass is 393 g/mol. The van der Waals surface area contributed by atoms with Crippen molar-refractivity contribution in [1.82, 2.24) is 15.5 Å². The smallest absolute Gasteiger partial charge is 0.325 e. The molecule has 1 fully saturated rings. The second-order valence-corrected chi connectivity index (χ2v) is 7.39. The van der Waals surface area contributed by atoms with Crippen molar-refractivity contribution < 1.29 is 14.4 Å². The number of carbonyl (C=O) groups is 3. The molecule has 1 aliphatic heterocycles. The van der Waals surface area contributed by atoms with E-state index in [9.17, 15) is 14.4 Å². The van der Waals surface area contributed by atoms with E-state index in [1.807, 2.05) is 75.4 Å². The molecule has 0 bridgehead atoms. The molecule has 1 aliphatic rings. The van der Waals surface area contributed by atoms with Crippen molar-refractivity contribution in [2.24, 2.45) is 0 Å². The summed E-state index contributed by atoms with van der Waals surface area (Å²) in [6, 6.07) is 17.3. The van der Waals surface area contributed by atoms with Gasteiger partial charge in [-0.25, -0.2) is 4.79 Å². The van der Waals surface area contributed by atoms with E-state index in [4.69, 9.17) is 0 Å². The molecule has 2 N–H and O–H groups in total. The molecule has 2 aromatic carbocycles. The number of hydrogen-bond acceptors (Lipinski definition) is 3. The third-order valence-electron chi connectivity index (χ3n) is 5.65. The Hall–Kier alpha value is -3.15. The van der Waals surface area contributed by atoms with E-state index in [1.165, 1.54) is 0 Å². The van der Waals surface area contributed by atoms with Crippen molar-refractivity contribution in [2.75, 3.05) is 6.54 Å². The van der Waals surface area contributed by atoms with Gasteiger partial charge in [0.2, 0.25) is 5.91 Å². The largest absolute Gasteiger partial charge is 0.348 e. The van der Waals surface area contributed by atoms with Crippen LogP contribution >= 0.6 is 0 Å². The van der Waals surface area contributed by atoms with Gasteiger partial charge in [-0.15, -0.1) is 0 Å². The molecular formula is C23H27N3O3. The van der Waals surface area contributed by atoms with E-state index in [1.54, 1.807) is 0 Å². The van der Waals surface area contributed by atoms with E-state index in [-0.39, 0.29) is 24.4 Å². The van der Waals surface area contributed by atoms with E-state index < -0.39 is 11.6 Å². The molecule has 1 atom stereocenters. The van der Waals surface area contributed by atoms with Gasteiger partial charge in [-0.05, 0) is 36.5 Å². The summed E-state index contributed by atoms with van der Waals surface area (Å²) in [6.07, 6.45) is 0.993. The number of hydrogen-bond donors (Lipinski definition) is 2. The molecule has 6 nitrogen and oxygen atoms in total. The normalized spacial score (nSPS) is 16.4. The summed E-state index contributed by atoms with van der Waals surface area (Å²) in [4.78, 5) is 38.3. The standard InChI is InChI=1S/C23H27N3O3/c1-4-23(5-2)21(28)26(22(29)25-23)15-20(27)24-16(3)17-11-13-19(14-12-17)18-9-7-6-8-10-18/h6-14,16H,4-5,15H2,1-3H3,(H,24,27)(H,25,29)/t16-/m1/s1. The van der Waals surface area contributed by atoms with Crippen LogP contribution in [0.1, 0.15) is 45.2 Å². The molecule has 4 amide bonds. The third-order valence-corrected chi connectivity index (χ3v) is 5.65. The van der Waals surface area contributed by atoms with Crippen LogP contribution in [0.25, 0.3) is 11.1 Å². The van der Waals surface area contributed by atoms with Gasteiger partial charge in [-0.2, -0.15) is 0 Å². The SMILES string of the molecule is CCC1(CC)NC(=O)N(CC(=O)N[C@H](C)c2ccc(-c3ccccc3)cc2)C1=O. The average molecular weight is 393 g/mol. The van der Waals surface area contributed by atoms with Crippen molar-refractivity contribution in [1.29, 1.82) is 0 Å². The lowest BCUT2D eigenvalue weighted by atomic mass is 9.93.